The summed E-state index contributed by atoms with van der Waals surface area (Å²) in [6, 6.07) is 3.86. The Labute approximate surface area is 134 Å². The van der Waals surface area contributed by atoms with Crippen LogP contribution in [0.2, 0.25) is 5.02 Å². The Bertz CT molecular complexity index is 477. The summed E-state index contributed by atoms with van der Waals surface area (Å²) >= 11 is 9.52. The van der Waals surface area contributed by atoms with Crippen LogP contribution in [-0.2, 0) is 4.79 Å². The van der Waals surface area contributed by atoms with Crippen molar-refractivity contribution in [1.29, 1.82) is 0 Å². The zero-order valence-corrected chi connectivity index (χ0v) is 14.5. The third kappa shape index (κ3) is 5.43. The first-order valence-electron chi connectivity index (χ1n) is 6.83. The standard InChI is InChI=1S/C15H22BrClN2O/c1-9(5-4-6-11(3)18)15(20)19-14-8-13(17)10(2)7-12(14)16/h7-9,11H,4-6,18H2,1-3H3,(H,19,20). The van der Waals surface area contributed by atoms with Crippen LogP contribution in [0.5, 0.6) is 0 Å². The van der Waals surface area contributed by atoms with E-state index in [-0.39, 0.29) is 17.9 Å². The first-order chi connectivity index (χ1) is 9.31. The number of nitrogens with one attached hydrogen (secondary N) is 1. The van der Waals surface area contributed by atoms with Gasteiger partial charge in [0.1, 0.15) is 0 Å². The lowest BCUT2D eigenvalue weighted by atomic mass is 10.0. The van der Waals surface area contributed by atoms with Crippen LogP contribution in [0.15, 0.2) is 16.6 Å². The summed E-state index contributed by atoms with van der Waals surface area (Å²) in [5, 5.41) is 3.56. The molecule has 0 spiro atoms. The number of halogens is 2. The van der Waals surface area contributed by atoms with Crippen molar-refractivity contribution < 1.29 is 4.79 Å². The number of carbonyl (C=O) groups is 1. The number of amides is 1. The highest BCUT2D eigenvalue weighted by Gasteiger charge is 2.15. The van der Waals surface area contributed by atoms with E-state index in [1.807, 2.05) is 26.8 Å². The summed E-state index contributed by atoms with van der Waals surface area (Å²) in [5.41, 5.74) is 7.39. The molecule has 0 aliphatic heterocycles. The predicted molar refractivity (Wildman–Crippen MR) is 89.2 cm³/mol. The molecule has 3 N–H and O–H groups in total. The Balaban J connectivity index is 2.59. The largest absolute Gasteiger partial charge is 0.328 e. The first-order valence-corrected chi connectivity index (χ1v) is 8.00. The summed E-state index contributed by atoms with van der Waals surface area (Å²) in [6.07, 6.45) is 2.74. The molecule has 0 fully saturated rings. The van der Waals surface area contributed by atoms with Crippen LogP contribution in [0.3, 0.4) is 0 Å². The van der Waals surface area contributed by atoms with Gasteiger partial charge in [-0.25, -0.2) is 0 Å². The molecule has 0 saturated heterocycles. The molecule has 0 aliphatic carbocycles. The molecule has 2 atom stereocenters. The van der Waals surface area contributed by atoms with E-state index < -0.39 is 0 Å². The number of hydrogen-bond donors (Lipinski definition) is 2. The number of aryl methyl sites for hydroxylation is 1. The second-order valence-electron chi connectivity index (χ2n) is 5.38. The van der Waals surface area contributed by atoms with Crippen LogP contribution < -0.4 is 11.1 Å². The van der Waals surface area contributed by atoms with Crippen molar-refractivity contribution in [3.8, 4) is 0 Å². The Morgan fingerprint density at radius 2 is 2.05 bits per heavy atom. The lowest BCUT2D eigenvalue weighted by Gasteiger charge is -2.14. The number of nitrogens with two attached hydrogens (primary N) is 1. The lowest BCUT2D eigenvalue weighted by molar-refractivity contribution is -0.119. The number of hydrogen-bond acceptors (Lipinski definition) is 2. The van der Waals surface area contributed by atoms with Gasteiger partial charge >= 0.3 is 0 Å². The minimum atomic E-state index is -0.0410. The fourth-order valence-corrected chi connectivity index (χ4v) is 2.60. The molecular formula is C15H22BrClN2O. The molecule has 0 saturated carbocycles. The third-order valence-electron chi connectivity index (χ3n) is 3.25. The SMILES string of the molecule is Cc1cc(Br)c(NC(=O)C(C)CCCC(C)N)cc1Cl. The maximum atomic E-state index is 12.1. The van der Waals surface area contributed by atoms with Gasteiger partial charge in [0.05, 0.1) is 5.69 Å². The average Bonchev–Trinajstić information content (AvgIpc) is 2.35. The average molecular weight is 362 g/mol. The van der Waals surface area contributed by atoms with Crippen molar-refractivity contribution in [3.63, 3.8) is 0 Å². The van der Waals surface area contributed by atoms with Crippen LogP contribution in [0.4, 0.5) is 5.69 Å². The Hall–Kier alpha value is -0.580. The molecule has 1 amide bonds. The highest BCUT2D eigenvalue weighted by molar-refractivity contribution is 9.10. The fourth-order valence-electron chi connectivity index (χ4n) is 1.88. The van der Waals surface area contributed by atoms with Crippen molar-refractivity contribution in [2.24, 2.45) is 11.7 Å². The molecular weight excluding hydrogens is 340 g/mol. The molecule has 5 heteroatoms. The zero-order valence-electron chi connectivity index (χ0n) is 12.2. The van der Waals surface area contributed by atoms with Crippen molar-refractivity contribution in [2.45, 2.75) is 46.1 Å². The van der Waals surface area contributed by atoms with Crippen molar-refractivity contribution in [2.75, 3.05) is 5.32 Å². The zero-order chi connectivity index (χ0) is 15.3. The molecule has 1 aromatic carbocycles. The molecule has 1 rings (SSSR count). The monoisotopic (exact) mass is 360 g/mol. The minimum absolute atomic E-state index is 0.00953. The van der Waals surface area contributed by atoms with E-state index in [9.17, 15) is 4.79 Å². The second kappa shape index (κ2) is 8.01. The van der Waals surface area contributed by atoms with Gasteiger partial charge in [0.2, 0.25) is 5.91 Å². The second-order valence-corrected chi connectivity index (χ2v) is 6.64. The van der Waals surface area contributed by atoms with Crippen LogP contribution in [0.25, 0.3) is 0 Å². The molecule has 3 nitrogen and oxygen atoms in total. The van der Waals surface area contributed by atoms with E-state index in [2.05, 4.69) is 21.2 Å². The number of benzene rings is 1. The van der Waals surface area contributed by atoms with Gasteiger partial charge < -0.3 is 11.1 Å². The van der Waals surface area contributed by atoms with Gasteiger partial charge in [0, 0.05) is 21.5 Å². The fraction of sp³-hybridized carbons (Fsp3) is 0.533. The van der Waals surface area contributed by atoms with E-state index in [0.717, 1.165) is 29.3 Å². The molecule has 0 aliphatic rings. The van der Waals surface area contributed by atoms with Crippen molar-refractivity contribution >= 4 is 39.1 Å². The highest BCUT2D eigenvalue weighted by atomic mass is 79.9. The quantitative estimate of drug-likeness (QED) is 0.783. The lowest BCUT2D eigenvalue weighted by Crippen LogP contribution is -2.21. The number of rotatable bonds is 6. The summed E-state index contributed by atoms with van der Waals surface area (Å²) in [7, 11) is 0. The van der Waals surface area contributed by atoms with Gasteiger partial charge in [-0.15, -0.1) is 0 Å². The van der Waals surface area contributed by atoms with E-state index >= 15 is 0 Å². The maximum absolute atomic E-state index is 12.1. The van der Waals surface area contributed by atoms with Crippen LogP contribution in [0, 0.1) is 12.8 Å². The van der Waals surface area contributed by atoms with E-state index in [1.165, 1.54) is 0 Å². The number of anilines is 1. The summed E-state index contributed by atoms with van der Waals surface area (Å²) in [5.74, 6) is -0.0315. The van der Waals surface area contributed by atoms with E-state index in [4.69, 9.17) is 17.3 Å². The summed E-state index contributed by atoms with van der Waals surface area (Å²) < 4.78 is 0.843. The highest BCUT2D eigenvalue weighted by Crippen LogP contribution is 2.29. The molecule has 0 radical (unpaired) electrons. The van der Waals surface area contributed by atoms with Crippen molar-refractivity contribution in [3.05, 3.63) is 27.2 Å². The van der Waals surface area contributed by atoms with Gasteiger partial charge in [-0.05, 0) is 60.3 Å². The van der Waals surface area contributed by atoms with Gasteiger partial charge in [-0.3, -0.25) is 4.79 Å². The van der Waals surface area contributed by atoms with Crippen LogP contribution in [-0.4, -0.2) is 11.9 Å². The minimum Gasteiger partial charge on any atom is -0.328 e. The van der Waals surface area contributed by atoms with Gasteiger partial charge in [-0.2, -0.15) is 0 Å². The Morgan fingerprint density at radius 3 is 2.65 bits per heavy atom. The molecule has 0 bridgehead atoms. The number of carbonyl (C=O) groups excluding carboxylic acids is 1. The molecule has 0 heterocycles. The normalized spacial score (nSPS) is 13.9. The van der Waals surface area contributed by atoms with Gasteiger partial charge in [0.15, 0.2) is 0 Å². The molecule has 1 aromatic rings. The van der Waals surface area contributed by atoms with E-state index in [1.54, 1.807) is 6.07 Å². The molecule has 112 valence electrons. The smallest absolute Gasteiger partial charge is 0.227 e. The van der Waals surface area contributed by atoms with Crippen molar-refractivity contribution in [1.82, 2.24) is 0 Å². The maximum Gasteiger partial charge on any atom is 0.227 e. The first kappa shape index (κ1) is 17.5. The Morgan fingerprint density at radius 1 is 1.40 bits per heavy atom. The van der Waals surface area contributed by atoms with Gasteiger partial charge in [0.25, 0.3) is 0 Å². The predicted octanol–water partition coefficient (Wildman–Crippen LogP) is 4.50. The molecule has 20 heavy (non-hydrogen) atoms. The Kier molecular flexibility index (Phi) is 7.00. The van der Waals surface area contributed by atoms with Crippen LogP contribution >= 0.6 is 27.5 Å². The third-order valence-corrected chi connectivity index (χ3v) is 4.31. The van der Waals surface area contributed by atoms with E-state index in [0.29, 0.717) is 10.7 Å². The molecule has 2 unspecified atom stereocenters. The topological polar surface area (TPSA) is 55.1 Å². The van der Waals surface area contributed by atoms with Crippen LogP contribution in [0.1, 0.15) is 38.7 Å². The summed E-state index contributed by atoms with van der Waals surface area (Å²) in [6.45, 7) is 5.84. The van der Waals surface area contributed by atoms with Gasteiger partial charge in [-0.1, -0.05) is 24.9 Å². The molecule has 0 aromatic heterocycles. The summed E-state index contributed by atoms with van der Waals surface area (Å²) in [4.78, 5) is 12.1.